The van der Waals surface area contributed by atoms with Crippen LogP contribution in [0.4, 0.5) is 19.1 Å². The van der Waals surface area contributed by atoms with Gasteiger partial charge in [-0.25, -0.2) is 9.97 Å². The van der Waals surface area contributed by atoms with Gasteiger partial charge < -0.3 is 10.6 Å². The predicted octanol–water partition coefficient (Wildman–Crippen LogP) is 3.53. The Morgan fingerprint density at radius 1 is 1.14 bits per heavy atom. The molecular weight excluding hydrogens is 369 g/mol. The number of primary amides is 1. The fourth-order valence-electron chi connectivity index (χ4n) is 4.65. The summed E-state index contributed by atoms with van der Waals surface area (Å²) in [6, 6.07) is 7.44. The summed E-state index contributed by atoms with van der Waals surface area (Å²) < 4.78 is 40.1. The van der Waals surface area contributed by atoms with Gasteiger partial charge in [0, 0.05) is 18.8 Å². The second-order valence-corrected chi connectivity index (χ2v) is 7.74. The summed E-state index contributed by atoms with van der Waals surface area (Å²) in [4.78, 5) is 22.1. The number of carbonyl (C=O) groups excluding carboxylic acids is 1. The minimum Gasteiger partial charge on any atom is -0.364 e. The first-order valence-electron chi connectivity index (χ1n) is 9.29. The van der Waals surface area contributed by atoms with E-state index in [1.807, 2.05) is 4.90 Å². The predicted molar refractivity (Wildman–Crippen MR) is 97.9 cm³/mol. The molecule has 3 atom stereocenters. The van der Waals surface area contributed by atoms with Crippen LogP contribution in [0.3, 0.4) is 0 Å². The van der Waals surface area contributed by atoms with E-state index >= 15 is 0 Å². The van der Waals surface area contributed by atoms with Crippen molar-refractivity contribution < 1.29 is 18.0 Å². The average molecular weight is 390 g/mol. The average Bonchev–Trinajstić information content (AvgIpc) is 3.19. The van der Waals surface area contributed by atoms with E-state index in [2.05, 4.69) is 9.97 Å². The Hall–Kier alpha value is -2.64. The van der Waals surface area contributed by atoms with Gasteiger partial charge in [-0.1, -0.05) is 18.2 Å². The fourth-order valence-corrected chi connectivity index (χ4v) is 4.65. The van der Waals surface area contributed by atoms with Crippen LogP contribution >= 0.6 is 0 Å². The number of anilines is 1. The summed E-state index contributed by atoms with van der Waals surface area (Å²) in [7, 11) is 0. The smallest absolute Gasteiger partial charge is 0.364 e. The Balaban J connectivity index is 1.51. The Labute approximate surface area is 160 Å². The van der Waals surface area contributed by atoms with E-state index in [4.69, 9.17) is 5.73 Å². The molecule has 8 heteroatoms. The first kappa shape index (κ1) is 18.7. The van der Waals surface area contributed by atoms with Crippen LogP contribution in [0.15, 0.2) is 30.3 Å². The van der Waals surface area contributed by atoms with Crippen molar-refractivity contribution in [2.45, 2.75) is 31.9 Å². The fraction of sp³-hybridized carbons (Fsp3) is 0.450. The van der Waals surface area contributed by atoms with Gasteiger partial charge in [0.25, 0.3) is 5.91 Å². The van der Waals surface area contributed by atoms with E-state index in [9.17, 15) is 18.0 Å². The molecule has 1 saturated heterocycles. The number of nitrogens with two attached hydrogens (primary N) is 1. The van der Waals surface area contributed by atoms with E-state index in [1.54, 1.807) is 25.1 Å². The lowest BCUT2D eigenvalue weighted by molar-refractivity contribution is -0.138. The number of halogens is 3. The highest BCUT2D eigenvalue weighted by Crippen LogP contribution is 2.49. The standard InChI is InChI=1S/C20H21F3N4O/c1-11-6-17(18(24)28)26-19(25-11)27-9-13-7-12(8-14(13)10-27)15-4-2-3-5-16(15)20(21,22)23/h2-6,12-14H,7-10H2,1H3,(H2,24,28)/t12?,13-,14+. The zero-order valence-electron chi connectivity index (χ0n) is 15.4. The third-order valence-corrected chi connectivity index (χ3v) is 5.83. The number of nitrogens with zero attached hydrogens (tertiary/aromatic N) is 3. The van der Waals surface area contributed by atoms with Crippen LogP contribution in [0.25, 0.3) is 0 Å². The largest absolute Gasteiger partial charge is 0.416 e. The van der Waals surface area contributed by atoms with Crippen molar-refractivity contribution in [2.75, 3.05) is 18.0 Å². The van der Waals surface area contributed by atoms with Crippen molar-refractivity contribution in [3.63, 3.8) is 0 Å². The van der Waals surface area contributed by atoms with Gasteiger partial charge in [-0.05, 0) is 55.2 Å². The number of rotatable bonds is 3. The van der Waals surface area contributed by atoms with Gasteiger partial charge >= 0.3 is 6.18 Å². The molecule has 1 unspecified atom stereocenters. The number of aromatic nitrogens is 2. The zero-order chi connectivity index (χ0) is 20.1. The van der Waals surface area contributed by atoms with Gasteiger partial charge in [-0.2, -0.15) is 13.2 Å². The van der Waals surface area contributed by atoms with E-state index in [1.165, 1.54) is 12.1 Å². The van der Waals surface area contributed by atoms with Gasteiger partial charge in [0.1, 0.15) is 5.69 Å². The Kier molecular flexibility index (Phi) is 4.51. The van der Waals surface area contributed by atoms with Gasteiger partial charge in [0.15, 0.2) is 0 Å². The lowest BCUT2D eigenvalue weighted by atomic mass is 9.91. The van der Waals surface area contributed by atoms with Crippen LogP contribution < -0.4 is 10.6 Å². The van der Waals surface area contributed by atoms with Crippen molar-refractivity contribution in [2.24, 2.45) is 17.6 Å². The number of benzene rings is 1. The van der Waals surface area contributed by atoms with Crippen molar-refractivity contribution >= 4 is 11.9 Å². The number of carbonyl (C=O) groups is 1. The number of alkyl halides is 3. The molecule has 2 fully saturated rings. The quantitative estimate of drug-likeness (QED) is 0.870. The molecule has 2 N–H and O–H groups in total. The Bertz CT molecular complexity index is 901. The van der Waals surface area contributed by atoms with E-state index in [-0.39, 0.29) is 23.4 Å². The first-order valence-corrected chi connectivity index (χ1v) is 9.29. The molecular formula is C20H21F3N4O. The zero-order valence-corrected chi connectivity index (χ0v) is 15.4. The van der Waals surface area contributed by atoms with Gasteiger partial charge in [0.05, 0.1) is 5.56 Å². The van der Waals surface area contributed by atoms with E-state index < -0.39 is 17.6 Å². The number of fused-ring (bicyclic) bond motifs is 1. The van der Waals surface area contributed by atoms with Crippen LogP contribution in [0.2, 0.25) is 0 Å². The van der Waals surface area contributed by atoms with Crippen molar-refractivity contribution in [1.29, 1.82) is 0 Å². The van der Waals surface area contributed by atoms with E-state index in [0.29, 0.717) is 43.1 Å². The second kappa shape index (κ2) is 6.76. The van der Waals surface area contributed by atoms with Crippen LogP contribution in [-0.2, 0) is 6.18 Å². The highest BCUT2D eigenvalue weighted by molar-refractivity contribution is 5.91. The molecule has 148 valence electrons. The highest BCUT2D eigenvalue weighted by atomic mass is 19.4. The molecule has 0 spiro atoms. The molecule has 28 heavy (non-hydrogen) atoms. The maximum atomic E-state index is 13.4. The highest BCUT2D eigenvalue weighted by Gasteiger charge is 2.44. The van der Waals surface area contributed by atoms with Crippen LogP contribution in [0.1, 0.15) is 46.1 Å². The minimum absolute atomic E-state index is 0.0883. The van der Waals surface area contributed by atoms with Gasteiger partial charge in [-0.15, -0.1) is 0 Å². The normalized spacial score (nSPS) is 24.4. The number of hydrogen-bond acceptors (Lipinski definition) is 4. The maximum Gasteiger partial charge on any atom is 0.416 e. The Morgan fingerprint density at radius 2 is 1.79 bits per heavy atom. The molecule has 1 aromatic heterocycles. The van der Waals surface area contributed by atoms with E-state index in [0.717, 1.165) is 0 Å². The molecule has 2 aromatic rings. The van der Waals surface area contributed by atoms with Crippen molar-refractivity contribution in [1.82, 2.24) is 9.97 Å². The molecule has 5 nitrogen and oxygen atoms in total. The molecule has 4 rings (SSSR count). The summed E-state index contributed by atoms with van der Waals surface area (Å²) >= 11 is 0. The van der Waals surface area contributed by atoms with Crippen molar-refractivity contribution in [3.8, 4) is 0 Å². The summed E-state index contributed by atoms with van der Waals surface area (Å²) in [5.41, 5.74) is 6.05. The number of amides is 1. The lowest BCUT2D eigenvalue weighted by Crippen LogP contribution is -2.26. The lowest BCUT2D eigenvalue weighted by Gasteiger charge is -2.22. The van der Waals surface area contributed by atoms with Gasteiger partial charge in [-0.3, -0.25) is 4.79 Å². The van der Waals surface area contributed by atoms with Crippen molar-refractivity contribution in [3.05, 3.63) is 52.8 Å². The van der Waals surface area contributed by atoms with Crippen LogP contribution in [0.5, 0.6) is 0 Å². The molecule has 2 aliphatic rings. The summed E-state index contributed by atoms with van der Waals surface area (Å²) in [5, 5.41) is 0. The molecule has 1 aliphatic carbocycles. The Morgan fingerprint density at radius 3 is 2.39 bits per heavy atom. The molecule has 0 bridgehead atoms. The third-order valence-electron chi connectivity index (χ3n) is 5.83. The maximum absolute atomic E-state index is 13.4. The summed E-state index contributed by atoms with van der Waals surface area (Å²) in [6.45, 7) is 3.13. The SMILES string of the molecule is Cc1cc(C(N)=O)nc(N2C[C@H]3CC(c4ccccc4C(F)(F)F)C[C@H]3C2)n1. The van der Waals surface area contributed by atoms with Gasteiger partial charge in [0.2, 0.25) is 5.95 Å². The number of aryl methyl sites for hydroxylation is 1. The topological polar surface area (TPSA) is 72.1 Å². The van der Waals surface area contributed by atoms with Crippen LogP contribution in [0, 0.1) is 18.8 Å². The molecule has 2 heterocycles. The summed E-state index contributed by atoms with van der Waals surface area (Å²) in [6.07, 6.45) is -2.91. The molecule has 0 radical (unpaired) electrons. The molecule has 1 amide bonds. The number of hydrogen-bond donors (Lipinski definition) is 1. The monoisotopic (exact) mass is 390 g/mol. The minimum atomic E-state index is -4.33. The van der Waals surface area contributed by atoms with Crippen LogP contribution in [-0.4, -0.2) is 29.0 Å². The molecule has 1 aromatic carbocycles. The second-order valence-electron chi connectivity index (χ2n) is 7.74. The molecule has 1 saturated carbocycles. The molecule has 1 aliphatic heterocycles. The summed E-state index contributed by atoms with van der Waals surface area (Å²) in [5.74, 6) is 0.347. The third kappa shape index (κ3) is 3.43. The first-order chi connectivity index (χ1) is 13.2.